The van der Waals surface area contributed by atoms with Gasteiger partial charge in [-0.15, -0.1) is 11.8 Å². The molecular formula is C93H126N6O12S3. The van der Waals surface area contributed by atoms with Crippen LogP contribution in [0.25, 0.3) is 17.1 Å². The predicted octanol–water partition coefficient (Wildman–Crippen LogP) is 19.2. The highest BCUT2D eigenvalue weighted by Gasteiger charge is 2.46. The third kappa shape index (κ3) is 18.4. The van der Waals surface area contributed by atoms with Crippen LogP contribution < -0.4 is 16.0 Å². The lowest BCUT2D eigenvalue weighted by Gasteiger charge is -2.32. The summed E-state index contributed by atoms with van der Waals surface area (Å²) in [5.41, 5.74) is 14.7. The van der Waals surface area contributed by atoms with Crippen molar-refractivity contribution in [3.8, 4) is 17.1 Å². The van der Waals surface area contributed by atoms with Gasteiger partial charge in [0.2, 0.25) is 0 Å². The van der Waals surface area contributed by atoms with Gasteiger partial charge in [-0.2, -0.15) is 0 Å². The predicted molar refractivity (Wildman–Crippen MR) is 452 cm³/mol. The van der Waals surface area contributed by atoms with Crippen molar-refractivity contribution < 1.29 is 56.7 Å². The molecule has 0 saturated heterocycles. The Bertz CT molecular complexity index is 4740. The number of carbonyl (C=O) groups is 6. The Balaban J connectivity index is 0.000000149. The maximum atomic E-state index is 14.2. The molecule has 21 heteroatoms. The van der Waals surface area contributed by atoms with E-state index in [9.17, 15) is 56.7 Å². The fourth-order valence-electron chi connectivity index (χ4n) is 17.7. The first-order valence-corrected chi connectivity index (χ1v) is 46.2. The number of aliphatic carboxylic acids is 3. The SMILES string of the molecule is Cc1c(C(=O)NC2CC(C(=O)O)C2)cn(-c2cc(C(C)(C)C)cc(C3(C)CC3)c2)c1S(=O)(=O)C1CCCCC1.Cc1c(C(=O)NC2CC(C(=O)O)C2)cn(-c2cc(C(C)(C)C)cc(C3(C)CC3)c2)c1S(=O)C1CCCCC1.Cc1c(C(=O)NC2CC(C(=O)O)C2)cn(-c2cc(C(C)(C)C)cc(C3(C)CC3)c2)c1SC1CCCCC1. The number of sulfone groups is 1. The zero-order chi connectivity index (χ0) is 82.3. The maximum absolute atomic E-state index is 14.2. The molecule has 6 aromatic rings. The summed E-state index contributed by atoms with van der Waals surface area (Å²) in [6, 6.07) is 19.8. The molecule has 0 spiro atoms. The van der Waals surface area contributed by atoms with E-state index in [4.69, 9.17) is 0 Å². The zero-order valence-corrected chi connectivity index (χ0v) is 72.7. The second kappa shape index (κ2) is 32.6. The summed E-state index contributed by atoms with van der Waals surface area (Å²) in [5.74, 6) is -4.22. The molecule has 6 N–H and O–H groups in total. The molecule has 1 atom stereocenters. The van der Waals surface area contributed by atoms with Gasteiger partial charge in [0, 0.05) is 64.3 Å². The van der Waals surface area contributed by atoms with E-state index in [2.05, 4.69) is 165 Å². The Labute approximate surface area is 683 Å². The number of benzene rings is 3. The van der Waals surface area contributed by atoms with E-state index in [1.807, 2.05) is 35.6 Å². The molecule has 3 aromatic heterocycles. The lowest BCUT2D eigenvalue weighted by molar-refractivity contribution is -0.146. The van der Waals surface area contributed by atoms with E-state index in [-0.39, 0.29) is 90.4 Å². The van der Waals surface area contributed by atoms with Crippen molar-refractivity contribution in [2.45, 2.75) is 359 Å². The van der Waals surface area contributed by atoms with Crippen LogP contribution in [0.1, 0.15) is 338 Å². The molecule has 3 amide bonds. The number of carbonyl (C=O) groups excluding carboxylic acids is 3. The maximum Gasteiger partial charge on any atom is 0.306 e. The molecule has 18 nitrogen and oxygen atoms in total. The van der Waals surface area contributed by atoms with Crippen molar-refractivity contribution in [1.82, 2.24) is 29.7 Å². The molecule has 3 aromatic carbocycles. The molecule has 9 saturated carbocycles. The number of hydrogen-bond donors (Lipinski definition) is 6. The minimum atomic E-state index is -3.70. The molecule has 0 radical (unpaired) electrons. The van der Waals surface area contributed by atoms with Gasteiger partial charge in [0.15, 0.2) is 9.84 Å². The van der Waals surface area contributed by atoms with Gasteiger partial charge in [-0.25, -0.2) is 8.42 Å². The van der Waals surface area contributed by atoms with E-state index >= 15 is 0 Å². The van der Waals surface area contributed by atoms with E-state index in [1.165, 1.54) is 84.2 Å². The van der Waals surface area contributed by atoms with Crippen LogP contribution in [0.4, 0.5) is 0 Å². The highest BCUT2D eigenvalue weighted by Crippen LogP contribution is 2.53. The first-order chi connectivity index (χ1) is 53.5. The van der Waals surface area contributed by atoms with Gasteiger partial charge in [-0.3, -0.25) is 33.0 Å². The number of thioether (sulfide) groups is 1. The fourth-order valence-corrected chi connectivity index (χ4v) is 23.2. The largest absolute Gasteiger partial charge is 0.481 e. The summed E-state index contributed by atoms with van der Waals surface area (Å²) in [4.78, 5) is 73.9. The second-order valence-corrected chi connectivity index (χ2v) is 44.6. The number of hydrogen-bond acceptors (Lipinski definition) is 10. The van der Waals surface area contributed by atoms with Gasteiger partial charge in [0.05, 0.1) is 55.5 Å². The Morgan fingerprint density at radius 2 is 0.763 bits per heavy atom. The summed E-state index contributed by atoms with van der Waals surface area (Å²) in [5, 5.41) is 39.1. The number of carboxylic acid groups (broad SMARTS) is 3. The summed E-state index contributed by atoms with van der Waals surface area (Å²) < 4.78 is 48.6. The molecule has 114 heavy (non-hydrogen) atoms. The van der Waals surface area contributed by atoms with Crippen LogP contribution in [0, 0.1) is 38.5 Å². The van der Waals surface area contributed by atoms with Crippen LogP contribution >= 0.6 is 11.8 Å². The molecule has 9 fully saturated rings. The molecule has 1 unspecified atom stereocenters. The van der Waals surface area contributed by atoms with Crippen LogP contribution in [0.15, 0.2) is 88.3 Å². The number of aromatic nitrogens is 3. The minimum absolute atomic E-state index is 0.0278. The number of rotatable bonds is 21. The average Bonchev–Trinajstić information content (AvgIpc) is 1.60. The van der Waals surface area contributed by atoms with Gasteiger partial charge in [-0.05, 0) is 255 Å². The Kier molecular flexibility index (Phi) is 24.2. The van der Waals surface area contributed by atoms with Crippen LogP contribution in [-0.4, -0.2) is 111 Å². The Hall–Kier alpha value is -7.23. The first-order valence-electron chi connectivity index (χ1n) is 42.6. The van der Waals surface area contributed by atoms with Crippen LogP contribution in [-0.2, 0) is 67.5 Å². The van der Waals surface area contributed by atoms with E-state index in [0.717, 1.165) is 109 Å². The monoisotopic (exact) mass is 1610 g/mol. The van der Waals surface area contributed by atoms with Gasteiger partial charge in [0.1, 0.15) is 10.1 Å². The quantitative estimate of drug-likeness (QED) is 0.0392. The van der Waals surface area contributed by atoms with Crippen LogP contribution in [0.5, 0.6) is 0 Å². The number of nitrogens with zero attached hydrogens (tertiary/aromatic N) is 3. The molecule has 15 rings (SSSR count). The van der Waals surface area contributed by atoms with Gasteiger partial charge < -0.3 is 45.0 Å². The van der Waals surface area contributed by atoms with E-state index in [0.29, 0.717) is 78.9 Å². The molecule has 618 valence electrons. The van der Waals surface area contributed by atoms with Crippen molar-refractivity contribution in [3.05, 3.63) is 140 Å². The summed E-state index contributed by atoms with van der Waals surface area (Å²) in [7, 11) is -4.94. The highest BCUT2D eigenvalue weighted by atomic mass is 32.2. The highest BCUT2D eigenvalue weighted by molar-refractivity contribution is 8.00. The van der Waals surface area contributed by atoms with Crippen molar-refractivity contribution in [2.24, 2.45) is 17.8 Å². The summed E-state index contributed by atoms with van der Waals surface area (Å²) >= 11 is 1.94. The third-order valence-corrected chi connectivity index (χ3v) is 33.1. The smallest absolute Gasteiger partial charge is 0.306 e. The topological polar surface area (TPSA) is 265 Å². The second-order valence-electron chi connectivity index (χ2n) is 39.5. The standard InChI is InChI=1S/C31H42N2O5S.C31H42N2O4S.C31H42N2O3S/c1-19-26(27(34)32-23-13-20(14-23)29(35)36)18-33(28(19)39(37,38)25-9-7-6-8-10-25)24-16-21(30(2,3)4)15-22(17-24)31(5)11-12-31;1-19-26(27(34)32-23-13-20(14-23)29(35)36)18-33(28(19)38(37)25-9-7-6-8-10-25)24-16-21(30(2,3)4)15-22(17-24)31(5)11-12-31;1-19-26(27(34)32-23-13-20(14-23)29(35)36)18-33(28(19)37-25-9-7-6-8-10-25)24-16-21(30(2,3)4)15-22(17-24)31(5)11-12-31/h15-18,20,23,25H,6-14H2,1-5H3,(H,32,34)(H,35,36);15-18,20,23,25H,6-14H2,1-5H3,(H,32,34)(H,35,36);15-18,20,23,25H,6-14H2,1-5H3,(H,32,34)(H,35,36). The van der Waals surface area contributed by atoms with E-state index < -0.39 is 49.7 Å². The molecule has 3 heterocycles. The third-order valence-electron chi connectivity index (χ3n) is 27.2. The molecular weight excluding hydrogens is 1490 g/mol. The summed E-state index contributed by atoms with van der Waals surface area (Å²) in [6.45, 7) is 32.6. The lowest BCUT2D eigenvalue weighted by atomic mass is 9.80. The van der Waals surface area contributed by atoms with Crippen LogP contribution in [0.2, 0.25) is 0 Å². The van der Waals surface area contributed by atoms with Crippen molar-refractivity contribution in [2.75, 3.05) is 0 Å². The fraction of sp³-hybridized carbons (Fsp3) is 0.613. The first kappa shape index (κ1) is 84.7. The van der Waals surface area contributed by atoms with Crippen molar-refractivity contribution in [1.29, 1.82) is 0 Å². The molecule has 9 aliphatic rings. The molecule has 0 aliphatic heterocycles. The summed E-state index contributed by atoms with van der Waals surface area (Å²) in [6.07, 6.45) is 31.0. The Morgan fingerprint density at radius 3 is 1.13 bits per heavy atom. The van der Waals surface area contributed by atoms with Crippen LogP contribution in [0.3, 0.4) is 0 Å². The van der Waals surface area contributed by atoms with E-state index in [1.54, 1.807) is 17.7 Å². The van der Waals surface area contributed by atoms with Crippen molar-refractivity contribution >= 4 is 68.0 Å². The number of nitrogens with one attached hydrogen (secondary N) is 3. The average molecular weight is 1620 g/mol. The number of amides is 3. The molecule has 0 bridgehead atoms. The molecule has 9 aliphatic carbocycles. The van der Waals surface area contributed by atoms with Gasteiger partial charge >= 0.3 is 17.9 Å². The number of carboxylic acids is 3. The minimum Gasteiger partial charge on any atom is -0.481 e. The van der Waals surface area contributed by atoms with Gasteiger partial charge in [0.25, 0.3) is 17.7 Å². The normalized spacial score (nSPS) is 23.5. The lowest BCUT2D eigenvalue weighted by Crippen LogP contribution is -2.46. The zero-order valence-electron chi connectivity index (χ0n) is 70.3. The Morgan fingerprint density at radius 1 is 0.439 bits per heavy atom. The van der Waals surface area contributed by atoms with Gasteiger partial charge in [-0.1, -0.05) is 159 Å². The van der Waals surface area contributed by atoms with Crippen molar-refractivity contribution in [3.63, 3.8) is 0 Å².